The molecule has 1 atom stereocenters. The van der Waals surface area contributed by atoms with Crippen molar-refractivity contribution in [3.63, 3.8) is 0 Å². The van der Waals surface area contributed by atoms with Crippen LogP contribution in [0, 0.1) is 5.92 Å². The Hall–Kier alpha value is -2.15. The van der Waals surface area contributed by atoms with Crippen molar-refractivity contribution in [2.75, 3.05) is 26.8 Å². The number of ether oxygens (including phenoxy) is 1. The quantitative estimate of drug-likeness (QED) is 0.750. The summed E-state index contributed by atoms with van der Waals surface area (Å²) in [5, 5.41) is 3.07. The monoisotopic (exact) mass is 431 g/mol. The van der Waals surface area contributed by atoms with Gasteiger partial charge < -0.3 is 19.5 Å². The third kappa shape index (κ3) is 6.42. The second-order valence-electron chi connectivity index (χ2n) is 9.16. The highest BCUT2D eigenvalue weighted by molar-refractivity contribution is 5.99. The van der Waals surface area contributed by atoms with Crippen LogP contribution in [0.15, 0.2) is 17.2 Å². The predicted molar refractivity (Wildman–Crippen MR) is 120 cm³/mol. The number of nitrogens with zero attached hydrogens (tertiary/aromatic N) is 2. The molecule has 3 rings (SSSR count). The molecule has 1 N–H and O–H groups in total. The molecule has 1 saturated carbocycles. The fourth-order valence-electron chi connectivity index (χ4n) is 4.68. The molecule has 0 radical (unpaired) electrons. The number of piperidine rings is 1. The van der Waals surface area contributed by atoms with Gasteiger partial charge in [0.15, 0.2) is 0 Å². The Bertz CT molecular complexity index is 812. The van der Waals surface area contributed by atoms with Gasteiger partial charge in [0.2, 0.25) is 5.43 Å². The van der Waals surface area contributed by atoms with E-state index < -0.39 is 5.43 Å². The summed E-state index contributed by atoms with van der Waals surface area (Å²) in [5.41, 5.74) is -0.343. The molecule has 172 valence electrons. The predicted octanol–water partition coefficient (Wildman–Crippen LogP) is 3.21. The summed E-state index contributed by atoms with van der Waals surface area (Å²) in [5.74, 6) is -0.231. The number of rotatable bonds is 6. The van der Waals surface area contributed by atoms with E-state index in [9.17, 15) is 14.4 Å². The molecule has 2 heterocycles. The molecular formula is C24H37N3O4. The van der Waals surface area contributed by atoms with Crippen molar-refractivity contribution in [2.24, 2.45) is 5.92 Å². The maximum atomic E-state index is 13.2. The van der Waals surface area contributed by atoms with Gasteiger partial charge in [-0.2, -0.15) is 0 Å². The molecule has 0 bridgehead atoms. The van der Waals surface area contributed by atoms with Crippen LogP contribution in [0.5, 0.6) is 0 Å². The van der Waals surface area contributed by atoms with E-state index in [-0.39, 0.29) is 29.0 Å². The summed E-state index contributed by atoms with van der Waals surface area (Å²) < 4.78 is 6.89. The van der Waals surface area contributed by atoms with Gasteiger partial charge in [-0.15, -0.1) is 0 Å². The smallest absolute Gasteiger partial charge is 0.259 e. The number of pyridine rings is 1. The van der Waals surface area contributed by atoms with Gasteiger partial charge in [-0.05, 0) is 31.6 Å². The van der Waals surface area contributed by atoms with Crippen molar-refractivity contribution in [3.8, 4) is 0 Å². The summed E-state index contributed by atoms with van der Waals surface area (Å²) in [6.45, 7) is 4.32. The molecule has 7 heteroatoms. The van der Waals surface area contributed by atoms with Crippen LogP contribution in [0.1, 0.15) is 85.4 Å². The lowest BCUT2D eigenvalue weighted by Crippen LogP contribution is -2.43. The number of carbonyl (C=O) groups excluding carboxylic acids is 2. The zero-order valence-corrected chi connectivity index (χ0v) is 19.0. The van der Waals surface area contributed by atoms with Crippen LogP contribution in [-0.4, -0.2) is 54.1 Å². The maximum Gasteiger partial charge on any atom is 0.259 e. The highest BCUT2D eigenvalue weighted by atomic mass is 16.5. The molecule has 1 aliphatic heterocycles. The van der Waals surface area contributed by atoms with E-state index in [0.717, 1.165) is 38.5 Å². The van der Waals surface area contributed by atoms with Gasteiger partial charge in [0.05, 0.1) is 6.61 Å². The molecular weight excluding hydrogens is 394 g/mol. The number of amides is 2. The minimum Gasteiger partial charge on any atom is -0.383 e. The average Bonchev–Trinajstić information content (AvgIpc) is 2.74. The van der Waals surface area contributed by atoms with Gasteiger partial charge in [-0.1, -0.05) is 39.0 Å². The Morgan fingerprint density at radius 3 is 2.39 bits per heavy atom. The largest absolute Gasteiger partial charge is 0.383 e. The third-order valence-electron chi connectivity index (χ3n) is 6.49. The van der Waals surface area contributed by atoms with Crippen LogP contribution in [0.4, 0.5) is 0 Å². The first kappa shape index (κ1) is 23.5. The molecule has 1 aromatic heterocycles. The fourth-order valence-corrected chi connectivity index (χ4v) is 4.68. The Balaban J connectivity index is 1.85. The molecule has 2 aliphatic rings. The molecule has 0 aromatic carbocycles. The van der Waals surface area contributed by atoms with Crippen LogP contribution in [0.3, 0.4) is 0 Å². The SMILES string of the molecule is COCCn1cc(C(=O)NC2CCCCCCC2)c(=O)c(C(=O)N2CCCC(C)C2)c1. The van der Waals surface area contributed by atoms with Crippen LogP contribution in [0.25, 0.3) is 0 Å². The van der Waals surface area contributed by atoms with Gasteiger partial charge in [-0.25, -0.2) is 0 Å². The normalized spacial score (nSPS) is 20.7. The van der Waals surface area contributed by atoms with Crippen molar-refractivity contribution < 1.29 is 14.3 Å². The number of carbonyl (C=O) groups is 2. The van der Waals surface area contributed by atoms with E-state index in [1.165, 1.54) is 19.3 Å². The Morgan fingerprint density at radius 2 is 1.71 bits per heavy atom. The third-order valence-corrected chi connectivity index (χ3v) is 6.49. The van der Waals surface area contributed by atoms with E-state index in [1.54, 1.807) is 29.0 Å². The van der Waals surface area contributed by atoms with Crippen LogP contribution in [-0.2, 0) is 11.3 Å². The molecule has 1 aromatic rings. The van der Waals surface area contributed by atoms with Gasteiger partial charge in [0.25, 0.3) is 11.8 Å². The number of nitrogens with one attached hydrogen (secondary N) is 1. The van der Waals surface area contributed by atoms with Gasteiger partial charge in [0.1, 0.15) is 11.1 Å². The molecule has 2 amide bonds. The van der Waals surface area contributed by atoms with Crippen molar-refractivity contribution in [1.82, 2.24) is 14.8 Å². The second-order valence-corrected chi connectivity index (χ2v) is 9.16. The lowest BCUT2D eigenvalue weighted by atomic mass is 9.96. The lowest BCUT2D eigenvalue weighted by molar-refractivity contribution is 0.0680. The van der Waals surface area contributed by atoms with Crippen LogP contribution >= 0.6 is 0 Å². The zero-order valence-electron chi connectivity index (χ0n) is 19.0. The number of likely N-dealkylation sites (tertiary alicyclic amines) is 1. The van der Waals surface area contributed by atoms with E-state index in [0.29, 0.717) is 32.2 Å². The summed E-state index contributed by atoms with van der Waals surface area (Å²) >= 11 is 0. The molecule has 2 fully saturated rings. The van der Waals surface area contributed by atoms with Crippen LogP contribution < -0.4 is 10.7 Å². The molecule has 7 nitrogen and oxygen atoms in total. The first-order valence-electron chi connectivity index (χ1n) is 11.8. The number of hydrogen-bond donors (Lipinski definition) is 1. The molecule has 1 aliphatic carbocycles. The Kier molecular flexibility index (Phi) is 8.69. The fraction of sp³-hybridized carbons (Fsp3) is 0.708. The standard InChI is InChI=1S/C24H37N3O4/c1-18-9-8-12-27(15-18)24(30)21-17-26(13-14-31-2)16-20(22(21)28)23(29)25-19-10-6-4-3-5-7-11-19/h16-19H,3-15H2,1-2H3,(H,25,29). The highest BCUT2D eigenvalue weighted by Gasteiger charge is 2.27. The van der Waals surface area contributed by atoms with Crippen molar-refractivity contribution in [3.05, 3.63) is 33.7 Å². The first-order valence-corrected chi connectivity index (χ1v) is 11.8. The highest BCUT2D eigenvalue weighted by Crippen LogP contribution is 2.19. The van der Waals surface area contributed by atoms with Crippen LogP contribution in [0.2, 0.25) is 0 Å². The van der Waals surface area contributed by atoms with E-state index >= 15 is 0 Å². The van der Waals surface area contributed by atoms with E-state index in [1.807, 2.05) is 0 Å². The Morgan fingerprint density at radius 1 is 1.03 bits per heavy atom. The molecule has 1 unspecified atom stereocenters. The maximum absolute atomic E-state index is 13.2. The van der Waals surface area contributed by atoms with Crippen molar-refractivity contribution in [2.45, 2.75) is 77.3 Å². The van der Waals surface area contributed by atoms with E-state index in [2.05, 4.69) is 12.2 Å². The second kappa shape index (κ2) is 11.5. The molecule has 31 heavy (non-hydrogen) atoms. The van der Waals surface area contributed by atoms with Gasteiger partial charge in [-0.3, -0.25) is 14.4 Å². The topological polar surface area (TPSA) is 80.6 Å². The number of hydrogen-bond acceptors (Lipinski definition) is 4. The summed E-state index contributed by atoms with van der Waals surface area (Å²) in [4.78, 5) is 41.2. The number of methoxy groups -OCH3 is 1. The average molecular weight is 432 g/mol. The van der Waals surface area contributed by atoms with E-state index in [4.69, 9.17) is 4.74 Å². The van der Waals surface area contributed by atoms with Crippen molar-refractivity contribution in [1.29, 1.82) is 0 Å². The van der Waals surface area contributed by atoms with Gasteiger partial charge in [0, 0.05) is 45.2 Å². The first-order chi connectivity index (χ1) is 15.0. The number of aromatic nitrogens is 1. The lowest BCUT2D eigenvalue weighted by Gasteiger charge is -2.31. The Labute approximate surface area is 185 Å². The summed E-state index contributed by atoms with van der Waals surface area (Å²) in [6.07, 6.45) is 12.9. The minimum absolute atomic E-state index is 0.0501. The van der Waals surface area contributed by atoms with Gasteiger partial charge >= 0.3 is 0 Å². The molecule has 1 saturated heterocycles. The zero-order chi connectivity index (χ0) is 22.2. The summed E-state index contributed by atoms with van der Waals surface area (Å²) in [6, 6.07) is 0.0851. The summed E-state index contributed by atoms with van der Waals surface area (Å²) in [7, 11) is 1.60. The molecule has 0 spiro atoms. The minimum atomic E-state index is -0.472. The van der Waals surface area contributed by atoms with Crippen molar-refractivity contribution >= 4 is 11.8 Å².